The maximum absolute atomic E-state index is 13.7. The van der Waals surface area contributed by atoms with Crippen molar-refractivity contribution in [3.63, 3.8) is 0 Å². The van der Waals surface area contributed by atoms with Crippen molar-refractivity contribution in [2.75, 3.05) is 0 Å². The van der Waals surface area contributed by atoms with E-state index in [4.69, 9.17) is 0 Å². The van der Waals surface area contributed by atoms with Crippen molar-refractivity contribution in [2.45, 2.75) is 13.8 Å². The summed E-state index contributed by atoms with van der Waals surface area (Å²) in [6.07, 6.45) is 3.49. The van der Waals surface area contributed by atoms with Crippen LogP contribution in [0.4, 0.5) is 0 Å². The van der Waals surface area contributed by atoms with E-state index in [1.165, 1.54) is 0 Å². The van der Waals surface area contributed by atoms with E-state index in [1.807, 2.05) is 86.6 Å². The molecular weight excluding hydrogens is 344 g/mol. The number of hydrogen-bond acceptors (Lipinski definition) is 3. The van der Waals surface area contributed by atoms with E-state index in [2.05, 4.69) is 9.97 Å². The van der Waals surface area contributed by atoms with Gasteiger partial charge in [0.15, 0.2) is 5.78 Å². The summed E-state index contributed by atoms with van der Waals surface area (Å²) >= 11 is 0. The maximum atomic E-state index is 13.7. The average Bonchev–Trinajstić information content (AvgIpc) is 2.74. The van der Waals surface area contributed by atoms with Gasteiger partial charge in [0, 0.05) is 34.6 Å². The summed E-state index contributed by atoms with van der Waals surface area (Å²) in [6, 6.07) is 23.3. The highest BCUT2D eigenvalue weighted by molar-refractivity contribution is 6.16. The van der Waals surface area contributed by atoms with Gasteiger partial charge in [-0.25, -0.2) is 0 Å². The summed E-state index contributed by atoms with van der Waals surface area (Å²) in [5.41, 5.74) is 6.64. The van der Waals surface area contributed by atoms with Gasteiger partial charge in [0.05, 0.1) is 11.4 Å². The van der Waals surface area contributed by atoms with Gasteiger partial charge in [-0.2, -0.15) is 0 Å². The van der Waals surface area contributed by atoms with Gasteiger partial charge in [0.25, 0.3) is 0 Å². The van der Waals surface area contributed by atoms with Crippen molar-refractivity contribution in [3.05, 3.63) is 107 Å². The molecule has 0 aliphatic carbocycles. The molecule has 2 heterocycles. The molecule has 0 amide bonds. The number of carbonyl (C=O) groups excluding carboxylic acids is 1. The third-order valence-corrected chi connectivity index (χ3v) is 4.72. The van der Waals surface area contributed by atoms with Crippen LogP contribution in [0.15, 0.2) is 85.2 Å². The van der Waals surface area contributed by atoms with Crippen LogP contribution >= 0.6 is 0 Å². The molecule has 0 spiro atoms. The number of pyridine rings is 2. The Morgan fingerprint density at radius 2 is 1.11 bits per heavy atom. The Labute approximate surface area is 164 Å². The molecule has 0 aliphatic heterocycles. The first-order valence-corrected chi connectivity index (χ1v) is 9.22. The highest BCUT2D eigenvalue weighted by atomic mass is 16.1. The molecule has 0 aliphatic rings. The molecule has 2 aromatic heterocycles. The Morgan fingerprint density at radius 3 is 1.50 bits per heavy atom. The number of hydrogen-bond donors (Lipinski definition) is 0. The maximum Gasteiger partial charge on any atom is 0.194 e. The van der Waals surface area contributed by atoms with Gasteiger partial charge in [0.1, 0.15) is 0 Å². The third-order valence-electron chi connectivity index (χ3n) is 4.72. The highest BCUT2D eigenvalue weighted by Crippen LogP contribution is 2.30. The molecular formula is C25H20N2O. The van der Waals surface area contributed by atoms with Gasteiger partial charge in [-0.05, 0) is 50.2 Å². The third kappa shape index (κ3) is 3.47. The summed E-state index contributed by atoms with van der Waals surface area (Å²) < 4.78 is 0. The fourth-order valence-electron chi connectivity index (χ4n) is 3.33. The summed E-state index contributed by atoms with van der Waals surface area (Å²) in [5.74, 6) is -0.0197. The van der Waals surface area contributed by atoms with Crippen LogP contribution in [0.5, 0.6) is 0 Å². The molecule has 136 valence electrons. The van der Waals surface area contributed by atoms with Crippen molar-refractivity contribution < 1.29 is 4.79 Å². The minimum absolute atomic E-state index is 0.0197. The predicted molar refractivity (Wildman–Crippen MR) is 112 cm³/mol. The van der Waals surface area contributed by atoms with Crippen LogP contribution < -0.4 is 0 Å². The van der Waals surface area contributed by atoms with Crippen LogP contribution in [-0.2, 0) is 0 Å². The first kappa shape index (κ1) is 17.8. The fourth-order valence-corrected chi connectivity index (χ4v) is 3.33. The van der Waals surface area contributed by atoms with Crippen LogP contribution in [0, 0.1) is 13.8 Å². The molecule has 28 heavy (non-hydrogen) atoms. The first-order chi connectivity index (χ1) is 13.6. The minimum Gasteiger partial charge on any atom is -0.289 e. The Hall–Kier alpha value is -3.59. The van der Waals surface area contributed by atoms with E-state index in [9.17, 15) is 4.79 Å². The summed E-state index contributed by atoms with van der Waals surface area (Å²) in [7, 11) is 0. The summed E-state index contributed by atoms with van der Waals surface area (Å²) in [5, 5.41) is 0. The normalized spacial score (nSPS) is 10.6. The lowest BCUT2D eigenvalue weighted by molar-refractivity contribution is 0.103. The number of carbonyl (C=O) groups is 1. The van der Waals surface area contributed by atoms with Crippen molar-refractivity contribution in [1.82, 2.24) is 9.97 Å². The fraction of sp³-hybridized carbons (Fsp3) is 0.0800. The summed E-state index contributed by atoms with van der Waals surface area (Å²) in [6.45, 7) is 3.99. The minimum atomic E-state index is -0.0197. The van der Waals surface area contributed by atoms with E-state index >= 15 is 0 Å². The van der Waals surface area contributed by atoms with E-state index in [-0.39, 0.29) is 5.78 Å². The molecule has 3 heteroatoms. The van der Waals surface area contributed by atoms with Crippen LogP contribution in [0.1, 0.15) is 27.0 Å². The number of benzene rings is 2. The van der Waals surface area contributed by atoms with E-state index in [1.54, 1.807) is 12.4 Å². The van der Waals surface area contributed by atoms with E-state index in [0.29, 0.717) is 11.1 Å². The molecule has 2 aromatic carbocycles. The van der Waals surface area contributed by atoms with Gasteiger partial charge in [0.2, 0.25) is 0 Å². The first-order valence-electron chi connectivity index (χ1n) is 9.22. The smallest absolute Gasteiger partial charge is 0.194 e. The standard InChI is InChI=1S/C25H20N2O/c1-17-9-11-19(23-7-3-5-13-26-23)21(15-17)25(28)22-16-18(2)10-12-20(22)24-8-4-6-14-27-24/h3-16H,1-2H3. The molecule has 3 nitrogen and oxygen atoms in total. The van der Waals surface area contributed by atoms with Crippen molar-refractivity contribution in [1.29, 1.82) is 0 Å². The number of ketones is 1. The molecule has 0 fully saturated rings. The molecule has 4 aromatic rings. The quantitative estimate of drug-likeness (QED) is 0.439. The Balaban J connectivity index is 1.90. The second kappa shape index (κ2) is 7.57. The number of aromatic nitrogens is 2. The van der Waals surface area contributed by atoms with Crippen molar-refractivity contribution in [3.8, 4) is 22.5 Å². The van der Waals surface area contributed by atoms with Crippen molar-refractivity contribution in [2.24, 2.45) is 0 Å². The zero-order valence-corrected chi connectivity index (χ0v) is 15.9. The van der Waals surface area contributed by atoms with Gasteiger partial charge < -0.3 is 0 Å². The molecule has 0 radical (unpaired) electrons. The average molecular weight is 364 g/mol. The number of nitrogens with zero attached hydrogens (tertiary/aromatic N) is 2. The van der Waals surface area contributed by atoms with E-state index < -0.39 is 0 Å². The van der Waals surface area contributed by atoms with E-state index in [0.717, 1.165) is 33.6 Å². The van der Waals surface area contributed by atoms with Crippen LogP contribution in [0.25, 0.3) is 22.5 Å². The van der Waals surface area contributed by atoms with Gasteiger partial charge in [-0.15, -0.1) is 0 Å². The van der Waals surface area contributed by atoms with Gasteiger partial charge in [-0.3, -0.25) is 14.8 Å². The lowest BCUT2D eigenvalue weighted by atomic mass is 9.90. The number of aryl methyl sites for hydroxylation is 2. The molecule has 0 saturated heterocycles. The highest BCUT2D eigenvalue weighted by Gasteiger charge is 2.20. The van der Waals surface area contributed by atoms with Crippen molar-refractivity contribution >= 4 is 5.78 Å². The monoisotopic (exact) mass is 364 g/mol. The second-order valence-corrected chi connectivity index (χ2v) is 6.86. The zero-order chi connectivity index (χ0) is 19.5. The SMILES string of the molecule is Cc1ccc(-c2ccccn2)c(C(=O)c2cc(C)ccc2-c2ccccn2)c1. The molecule has 0 saturated carbocycles. The zero-order valence-electron chi connectivity index (χ0n) is 15.9. The predicted octanol–water partition coefficient (Wildman–Crippen LogP) is 5.66. The Kier molecular flexibility index (Phi) is 4.81. The molecule has 4 rings (SSSR count). The molecule has 0 N–H and O–H groups in total. The topological polar surface area (TPSA) is 42.9 Å². The second-order valence-electron chi connectivity index (χ2n) is 6.86. The van der Waals surface area contributed by atoms with Crippen LogP contribution in [0.2, 0.25) is 0 Å². The Bertz CT molecular complexity index is 1040. The van der Waals surface area contributed by atoms with Crippen LogP contribution in [0.3, 0.4) is 0 Å². The Morgan fingerprint density at radius 1 is 0.643 bits per heavy atom. The van der Waals surface area contributed by atoms with Crippen LogP contribution in [-0.4, -0.2) is 15.8 Å². The largest absolute Gasteiger partial charge is 0.289 e. The molecule has 0 bridgehead atoms. The molecule has 0 unspecified atom stereocenters. The van der Waals surface area contributed by atoms with Gasteiger partial charge >= 0.3 is 0 Å². The lowest BCUT2D eigenvalue weighted by Gasteiger charge is -2.13. The number of rotatable bonds is 4. The summed E-state index contributed by atoms with van der Waals surface area (Å²) in [4.78, 5) is 22.6. The lowest BCUT2D eigenvalue weighted by Crippen LogP contribution is -2.07. The molecule has 0 atom stereocenters. The van der Waals surface area contributed by atoms with Gasteiger partial charge in [-0.1, -0.05) is 47.5 Å².